The summed E-state index contributed by atoms with van der Waals surface area (Å²) in [5, 5.41) is 12.4. The van der Waals surface area contributed by atoms with Crippen molar-refractivity contribution >= 4 is 5.91 Å². The van der Waals surface area contributed by atoms with Gasteiger partial charge in [-0.1, -0.05) is 32.9 Å². The van der Waals surface area contributed by atoms with Gasteiger partial charge >= 0.3 is 6.36 Å². The first-order valence-corrected chi connectivity index (χ1v) is 7.35. The lowest BCUT2D eigenvalue weighted by Crippen LogP contribution is -2.43. The maximum atomic E-state index is 12.6. The first-order valence-electron chi connectivity index (χ1n) is 7.35. The predicted octanol–water partition coefficient (Wildman–Crippen LogP) is 3.19. The van der Waals surface area contributed by atoms with Crippen molar-refractivity contribution in [3.05, 3.63) is 29.3 Å². The van der Waals surface area contributed by atoms with Crippen LogP contribution in [0, 0.1) is 0 Å². The van der Waals surface area contributed by atoms with Gasteiger partial charge in [0.15, 0.2) is 0 Å². The Kier molecular flexibility index (Phi) is 4.61. The van der Waals surface area contributed by atoms with Crippen LogP contribution in [0.5, 0.6) is 5.75 Å². The van der Waals surface area contributed by atoms with Crippen LogP contribution in [0.1, 0.15) is 50.7 Å². The highest BCUT2D eigenvalue weighted by atomic mass is 19.4. The maximum absolute atomic E-state index is 12.6. The molecule has 1 saturated heterocycles. The van der Waals surface area contributed by atoms with Gasteiger partial charge in [0.1, 0.15) is 12.0 Å². The predicted molar refractivity (Wildman–Crippen MR) is 77.9 cm³/mol. The van der Waals surface area contributed by atoms with Gasteiger partial charge in [0.2, 0.25) is 5.91 Å². The monoisotopic (exact) mass is 331 g/mol. The van der Waals surface area contributed by atoms with Crippen molar-refractivity contribution < 1.29 is 27.8 Å². The largest absolute Gasteiger partial charge is 0.573 e. The van der Waals surface area contributed by atoms with E-state index in [9.17, 15) is 23.1 Å². The Morgan fingerprint density at radius 3 is 2.43 bits per heavy atom. The molecule has 0 spiro atoms. The quantitative estimate of drug-likeness (QED) is 0.875. The van der Waals surface area contributed by atoms with Crippen LogP contribution < -0.4 is 10.1 Å². The highest BCUT2D eigenvalue weighted by molar-refractivity contribution is 5.77. The number of aliphatic hydroxyl groups is 1. The summed E-state index contributed by atoms with van der Waals surface area (Å²) >= 11 is 0. The number of carbonyl (C=O) groups is 1. The smallest absolute Gasteiger partial charge is 0.405 e. The SMILES string of the molecule is CC(C)(C)c1ccc(OC(F)(F)F)c(C2CCC(=O)NC2O)c1. The molecule has 1 aliphatic rings. The summed E-state index contributed by atoms with van der Waals surface area (Å²) in [5.41, 5.74) is 0.808. The van der Waals surface area contributed by atoms with Crippen LogP contribution in [0.4, 0.5) is 13.2 Å². The Hall–Kier alpha value is -1.76. The molecule has 0 aliphatic carbocycles. The summed E-state index contributed by atoms with van der Waals surface area (Å²) in [6.07, 6.45) is -5.65. The molecule has 1 aliphatic heterocycles. The summed E-state index contributed by atoms with van der Waals surface area (Å²) < 4.78 is 42.0. The first kappa shape index (κ1) is 17.6. The summed E-state index contributed by atoms with van der Waals surface area (Å²) in [6, 6.07) is 4.47. The molecule has 2 atom stereocenters. The van der Waals surface area contributed by atoms with E-state index in [-0.39, 0.29) is 35.5 Å². The highest BCUT2D eigenvalue weighted by Gasteiger charge is 2.36. The molecule has 4 nitrogen and oxygen atoms in total. The minimum atomic E-state index is -4.82. The molecule has 2 N–H and O–H groups in total. The molecule has 2 unspecified atom stereocenters. The third kappa shape index (κ3) is 4.37. The van der Waals surface area contributed by atoms with E-state index in [1.54, 1.807) is 12.1 Å². The topological polar surface area (TPSA) is 58.6 Å². The van der Waals surface area contributed by atoms with Crippen molar-refractivity contribution in [1.82, 2.24) is 5.32 Å². The summed E-state index contributed by atoms with van der Waals surface area (Å²) in [7, 11) is 0. The molecule has 0 radical (unpaired) electrons. The summed E-state index contributed by atoms with van der Waals surface area (Å²) in [4.78, 5) is 11.3. The molecule has 2 rings (SSSR count). The van der Waals surface area contributed by atoms with Gasteiger partial charge in [-0.15, -0.1) is 13.2 Å². The van der Waals surface area contributed by atoms with Crippen LogP contribution in [-0.4, -0.2) is 23.6 Å². The number of halogens is 3. The summed E-state index contributed by atoms with van der Waals surface area (Å²) in [6.45, 7) is 5.82. The maximum Gasteiger partial charge on any atom is 0.573 e. The van der Waals surface area contributed by atoms with Crippen molar-refractivity contribution in [2.45, 2.75) is 57.5 Å². The lowest BCUT2D eigenvalue weighted by Gasteiger charge is -2.31. The minimum absolute atomic E-state index is 0.146. The van der Waals surface area contributed by atoms with Crippen molar-refractivity contribution in [1.29, 1.82) is 0 Å². The number of rotatable bonds is 2. The Balaban J connectivity index is 2.45. The number of aliphatic hydroxyl groups excluding tert-OH is 1. The van der Waals surface area contributed by atoms with E-state index in [1.807, 2.05) is 20.8 Å². The highest BCUT2D eigenvalue weighted by Crippen LogP contribution is 2.39. The van der Waals surface area contributed by atoms with Gasteiger partial charge in [0.05, 0.1) is 0 Å². The van der Waals surface area contributed by atoms with Crippen LogP contribution in [0.25, 0.3) is 0 Å². The number of hydrogen-bond donors (Lipinski definition) is 2. The molecule has 1 amide bonds. The fourth-order valence-electron chi connectivity index (χ4n) is 2.63. The van der Waals surface area contributed by atoms with E-state index in [2.05, 4.69) is 10.1 Å². The molecule has 1 fully saturated rings. The number of carbonyl (C=O) groups excluding carboxylic acids is 1. The van der Waals surface area contributed by atoms with Crippen molar-refractivity contribution in [2.24, 2.45) is 0 Å². The second-order valence-corrected chi connectivity index (χ2v) is 6.71. The third-order valence-electron chi connectivity index (χ3n) is 3.87. The molecule has 1 aromatic rings. The van der Waals surface area contributed by atoms with Gasteiger partial charge in [-0.2, -0.15) is 0 Å². The average molecular weight is 331 g/mol. The van der Waals surface area contributed by atoms with Gasteiger partial charge in [-0.3, -0.25) is 4.79 Å². The lowest BCUT2D eigenvalue weighted by molar-refractivity contribution is -0.275. The molecule has 128 valence electrons. The number of alkyl halides is 3. The summed E-state index contributed by atoms with van der Waals surface area (Å²) in [5.74, 6) is -1.31. The zero-order valence-electron chi connectivity index (χ0n) is 13.2. The second kappa shape index (κ2) is 6.03. The second-order valence-electron chi connectivity index (χ2n) is 6.71. The van der Waals surface area contributed by atoms with Gasteiger partial charge in [0.25, 0.3) is 0 Å². The number of piperidine rings is 1. The zero-order chi connectivity index (χ0) is 17.4. The number of nitrogens with one attached hydrogen (secondary N) is 1. The van der Waals surface area contributed by atoms with Gasteiger partial charge in [-0.25, -0.2) is 0 Å². The van der Waals surface area contributed by atoms with Crippen LogP contribution in [0.2, 0.25) is 0 Å². The van der Waals surface area contributed by atoms with Crippen LogP contribution >= 0.6 is 0 Å². The molecule has 7 heteroatoms. The van der Waals surface area contributed by atoms with E-state index >= 15 is 0 Å². The Bertz CT molecular complexity index is 593. The van der Waals surface area contributed by atoms with E-state index in [0.717, 1.165) is 5.56 Å². The third-order valence-corrected chi connectivity index (χ3v) is 3.87. The molecule has 0 bridgehead atoms. The van der Waals surface area contributed by atoms with Crippen molar-refractivity contribution in [3.63, 3.8) is 0 Å². The molecular formula is C16H20F3NO3. The number of ether oxygens (including phenoxy) is 1. The fourth-order valence-corrected chi connectivity index (χ4v) is 2.63. The van der Waals surface area contributed by atoms with Crippen LogP contribution in [0.3, 0.4) is 0 Å². The molecule has 1 heterocycles. The normalized spacial score (nSPS) is 22.7. The standard InChI is InChI=1S/C16H20F3NO3/c1-15(2,3)9-4-6-12(23-16(17,18)19)11(8-9)10-5-7-13(21)20-14(10)22/h4,6,8,10,14,22H,5,7H2,1-3H3,(H,20,21). The van der Waals surface area contributed by atoms with E-state index in [4.69, 9.17) is 0 Å². The van der Waals surface area contributed by atoms with Gasteiger partial charge in [-0.05, 0) is 23.5 Å². The van der Waals surface area contributed by atoms with E-state index in [1.165, 1.54) is 6.07 Å². The van der Waals surface area contributed by atoms with Crippen molar-refractivity contribution in [2.75, 3.05) is 0 Å². The van der Waals surface area contributed by atoms with E-state index in [0.29, 0.717) is 0 Å². The minimum Gasteiger partial charge on any atom is -0.405 e. The molecule has 0 aromatic heterocycles. The first-order chi connectivity index (χ1) is 10.5. The number of hydrogen-bond acceptors (Lipinski definition) is 3. The molecule has 0 saturated carbocycles. The van der Waals surface area contributed by atoms with E-state index < -0.39 is 18.5 Å². The van der Waals surface area contributed by atoms with Gasteiger partial charge < -0.3 is 15.2 Å². The Morgan fingerprint density at radius 1 is 1.26 bits per heavy atom. The Morgan fingerprint density at radius 2 is 1.91 bits per heavy atom. The Labute approximate surface area is 132 Å². The molecule has 23 heavy (non-hydrogen) atoms. The molecule has 1 aromatic carbocycles. The fraction of sp³-hybridized carbons (Fsp3) is 0.562. The molecular weight excluding hydrogens is 311 g/mol. The average Bonchev–Trinajstić information content (AvgIpc) is 2.36. The van der Waals surface area contributed by atoms with Crippen LogP contribution in [0.15, 0.2) is 18.2 Å². The lowest BCUT2D eigenvalue weighted by atomic mass is 9.82. The van der Waals surface area contributed by atoms with Crippen LogP contribution in [-0.2, 0) is 10.2 Å². The van der Waals surface area contributed by atoms with Gasteiger partial charge in [0, 0.05) is 17.9 Å². The zero-order valence-corrected chi connectivity index (χ0v) is 13.2. The number of benzene rings is 1. The number of amides is 1. The van der Waals surface area contributed by atoms with Crippen molar-refractivity contribution in [3.8, 4) is 5.75 Å².